The van der Waals surface area contributed by atoms with E-state index in [2.05, 4.69) is 9.97 Å². The maximum absolute atomic E-state index is 5.97. The second kappa shape index (κ2) is 5.99. The summed E-state index contributed by atoms with van der Waals surface area (Å²) in [4.78, 5) is 8.72. The van der Waals surface area contributed by atoms with Crippen LogP contribution in [0.5, 0.6) is 11.6 Å². The van der Waals surface area contributed by atoms with Crippen LogP contribution in [0.1, 0.15) is 24.0 Å². The summed E-state index contributed by atoms with van der Waals surface area (Å²) >= 11 is 5.97. The Morgan fingerprint density at radius 3 is 2.63 bits per heavy atom. The zero-order valence-electron chi connectivity index (χ0n) is 11.0. The van der Waals surface area contributed by atoms with Crippen molar-refractivity contribution in [3.05, 3.63) is 46.4 Å². The topological polar surface area (TPSA) is 61.0 Å². The van der Waals surface area contributed by atoms with Crippen LogP contribution in [0.3, 0.4) is 0 Å². The molecule has 0 saturated carbocycles. The maximum atomic E-state index is 5.97. The van der Waals surface area contributed by atoms with Gasteiger partial charge in [-0.15, -0.1) is 0 Å². The highest BCUT2D eigenvalue weighted by Gasteiger charge is 2.08. The van der Waals surface area contributed by atoms with Crippen molar-refractivity contribution in [1.82, 2.24) is 9.97 Å². The first-order valence-corrected chi connectivity index (χ1v) is 6.51. The number of hydrogen-bond acceptors (Lipinski definition) is 4. The van der Waals surface area contributed by atoms with Crippen LogP contribution >= 0.6 is 11.6 Å². The Bertz CT molecular complexity index is 587. The van der Waals surface area contributed by atoms with Crippen LogP contribution in [-0.2, 0) is 13.0 Å². The molecule has 0 bridgehead atoms. The molecule has 19 heavy (non-hydrogen) atoms. The van der Waals surface area contributed by atoms with Crippen molar-refractivity contribution in [2.24, 2.45) is 5.73 Å². The average Bonchev–Trinajstić information content (AvgIpc) is 2.42. The number of hydrogen-bond donors (Lipinski definition) is 1. The molecule has 2 aromatic rings. The molecule has 2 N–H and O–H groups in total. The van der Waals surface area contributed by atoms with E-state index in [1.165, 1.54) is 0 Å². The second-order valence-corrected chi connectivity index (χ2v) is 4.54. The molecule has 0 aliphatic rings. The Labute approximate surface area is 117 Å². The molecule has 0 aliphatic heterocycles. The van der Waals surface area contributed by atoms with E-state index < -0.39 is 0 Å². The zero-order valence-corrected chi connectivity index (χ0v) is 11.7. The van der Waals surface area contributed by atoms with E-state index >= 15 is 0 Å². The molecule has 0 radical (unpaired) electrons. The molecule has 0 aliphatic carbocycles. The number of aryl methyl sites for hydroxylation is 2. The lowest BCUT2D eigenvalue weighted by atomic mass is 10.2. The monoisotopic (exact) mass is 277 g/mol. The van der Waals surface area contributed by atoms with Gasteiger partial charge in [-0.3, -0.25) is 4.98 Å². The van der Waals surface area contributed by atoms with Gasteiger partial charge in [-0.25, -0.2) is 4.98 Å². The highest BCUT2D eigenvalue weighted by Crippen LogP contribution is 2.25. The number of halogens is 1. The molecule has 2 heterocycles. The Morgan fingerprint density at radius 1 is 1.16 bits per heavy atom. The van der Waals surface area contributed by atoms with Gasteiger partial charge in [0.15, 0.2) is 5.75 Å². The lowest BCUT2D eigenvalue weighted by molar-refractivity contribution is 0.452. The molecule has 2 rings (SSSR count). The summed E-state index contributed by atoms with van der Waals surface area (Å²) in [5.41, 5.74) is 8.07. The third-order valence-electron chi connectivity index (χ3n) is 2.71. The number of nitrogens with zero attached hydrogens (tertiary/aromatic N) is 2. The Hall–Kier alpha value is -1.65. The molecule has 100 valence electrons. The number of ether oxygens (including phenoxy) is 1. The fraction of sp³-hybridized carbons (Fsp3) is 0.286. The quantitative estimate of drug-likeness (QED) is 0.932. The van der Waals surface area contributed by atoms with E-state index in [4.69, 9.17) is 22.1 Å². The Balaban J connectivity index is 2.30. The number of aromatic nitrogens is 2. The highest BCUT2D eigenvalue weighted by molar-refractivity contribution is 6.31. The van der Waals surface area contributed by atoms with Crippen molar-refractivity contribution in [3.8, 4) is 11.6 Å². The lowest BCUT2D eigenvalue weighted by Gasteiger charge is -2.10. The summed E-state index contributed by atoms with van der Waals surface area (Å²) in [7, 11) is 0. The van der Waals surface area contributed by atoms with Crippen LogP contribution in [0, 0.1) is 6.92 Å². The van der Waals surface area contributed by atoms with Crippen molar-refractivity contribution in [1.29, 1.82) is 0 Å². The summed E-state index contributed by atoms with van der Waals surface area (Å²) in [5, 5.41) is 0.549. The first-order chi connectivity index (χ1) is 9.13. The van der Waals surface area contributed by atoms with Gasteiger partial charge in [0.25, 0.3) is 0 Å². The molecule has 4 nitrogen and oxygen atoms in total. The summed E-state index contributed by atoms with van der Waals surface area (Å²) < 4.78 is 5.77. The van der Waals surface area contributed by atoms with Gasteiger partial charge in [0.2, 0.25) is 5.88 Å². The molecule has 0 aromatic carbocycles. The SMILES string of the molecule is CCc1nc(C)ccc1Oc1ccc(Cl)c(CN)n1. The molecule has 0 unspecified atom stereocenters. The fourth-order valence-electron chi connectivity index (χ4n) is 1.72. The van der Waals surface area contributed by atoms with Gasteiger partial charge in [0, 0.05) is 18.3 Å². The van der Waals surface area contributed by atoms with Gasteiger partial charge in [0.1, 0.15) is 0 Å². The molecule has 2 aromatic heterocycles. The molecule has 0 spiro atoms. The molecule has 0 amide bonds. The zero-order chi connectivity index (χ0) is 13.8. The molecule has 0 fully saturated rings. The third-order valence-corrected chi connectivity index (χ3v) is 3.05. The molecular weight excluding hydrogens is 262 g/mol. The second-order valence-electron chi connectivity index (χ2n) is 4.14. The number of rotatable bonds is 4. The van der Waals surface area contributed by atoms with Gasteiger partial charge < -0.3 is 10.5 Å². The molecule has 5 heteroatoms. The minimum atomic E-state index is 0.281. The third kappa shape index (κ3) is 3.22. The first-order valence-electron chi connectivity index (χ1n) is 6.14. The van der Waals surface area contributed by atoms with Crippen molar-refractivity contribution in [2.45, 2.75) is 26.8 Å². The molecule has 0 saturated heterocycles. The van der Waals surface area contributed by atoms with Crippen molar-refractivity contribution >= 4 is 11.6 Å². The standard InChI is InChI=1S/C14H16ClN3O/c1-3-11-13(6-4-9(2)17-11)19-14-7-5-10(15)12(8-16)18-14/h4-7H,3,8,16H2,1-2H3. The predicted molar refractivity (Wildman–Crippen MR) is 75.6 cm³/mol. The minimum Gasteiger partial charge on any atom is -0.437 e. The Kier molecular flexibility index (Phi) is 4.35. The lowest BCUT2D eigenvalue weighted by Crippen LogP contribution is -2.02. The van der Waals surface area contributed by atoms with Crippen LogP contribution in [0.2, 0.25) is 5.02 Å². The molecular formula is C14H16ClN3O. The fourth-order valence-corrected chi connectivity index (χ4v) is 1.90. The Morgan fingerprint density at radius 2 is 1.95 bits per heavy atom. The van der Waals surface area contributed by atoms with Crippen LogP contribution in [0.4, 0.5) is 0 Å². The maximum Gasteiger partial charge on any atom is 0.219 e. The average molecular weight is 278 g/mol. The van der Waals surface area contributed by atoms with Crippen LogP contribution in [0.15, 0.2) is 24.3 Å². The van der Waals surface area contributed by atoms with E-state index in [1.807, 2.05) is 26.0 Å². The van der Waals surface area contributed by atoms with Crippen molar-refractivity contribution in [3.63, 3.8) is 0 Å². The number of nitrogens with two attached hydrogens (primary N) is 1. The smallest absolute Gasteiger partial charge is 0.219 e. The summed E-state index contributed by atoms with van der Waals surface area (Å²) in [6.07, 6.45) is 0.800. The molecule has 0 atom stereocenters. The van der Waals surface area contributed by atoms with E-state index in [1.54, 1.807) is 12.1 Å². The highest BCUT2D eigenvalue weighted by atomic mass is 35.5. The summed E-state index contributed by atoms with van der Waals surface area (Å²) in [6, 6.07) is 7.27. The summed E-state index contributed by atoms with van der Waals surface area (Å²) in [5.74, 6) is 1.19. The van der Waals surface area contributed by atoms with Gasteiger partial charge in [-0.1, -0.05) is 18.5 Å². The normalized spacial score (nSPS) is 10.5. The largest absolute Gasteiger partial charge is 0.437 e. The van der Waals surface area contributed by atoms with Crippen molar-refractivity contribution < 1.29 is 4.74 Å². The predicted octanol–water partition coefficient (Wildman–Crippen LogP) is 3.25. The van der Waals surface area contributed by atoms with E-state index in [9.17, 15) is 0 Å². The van der Waals surface area contributed by atoms with Crippen LogP contribution in [0.25, 0.3) is 0 Å². The number of pyridine rings is 2. The van der Waals surface area contributed by atoms with Gasteiger partial charge in [0.05, 0.1) is 16.4 Å². The van der Waals surface area contributed by atoms with Gasteiger partial charge >= 0.3 is 0 Å². The van der Waals surface area contributed by atoms with Gasteiger partial charge in [-0.2, -0.15) is 0 Å². The van der Waals surface area contributed by atoms with E-state index in [0.29, 0.717) is 22.3 Å². The van der Waals surface area contributed by atoms with E-state index in [-0.39, 0.29) is 6.54 Å². The van der Waals surface area contributed by atoms with Gasteiger partial charge in [-0.05, 0) is 31.5 Å². The first kappa shape index (κ1) is 13.8. The minimum absolute atomic E-state index is 0.281. The van der Waals surface area contributed by atoms with Crippen molar-refractivity contribution in [2.75, 3.05) is 0 Å². The van der Waals surface area contributed by atoms with E-state index in [0.717, 1.165) is 17.8 Å². The van der Waals surface area contributed by atoms with Crippen LogP contribution < -0.4 is 10.5 Å². The summed E-state index contributed by atoms with van der Waals surface area (Å²) in [6.45, 7) is 4.27. The van der Waals surface area contributed by atoms with Crippen LogP contribution in [-0.4, -0.2) is 9.97 Å².